The van der Waals surface area contributed by atoms with Crippen molar-refractivity contribution in [3.63, 3.8) is 0 Å². The number of carbonyl (C=O) groups excluding carboxylic acids is 2. The fraction of sp³-hybridized carbons (Fsp3) is 0.600. The van der Waals surface area contributed by atoms with Gasteiger partial charge in [-0.25, -0.2) is 0 Å². The van der Waals surface area contributed by atoms with Crippen LogP contribution in [0.3, 0.4) is 0 Å². The number of rotatable bonds is 7. The minimum absolute atomic E-state index is 0.0428. The molecule has 0 aliphatic rings. The van der Waals surface area contributed by atoms with E-state index in [1.807, 2.05) is 27.7 Å². The highest BCUT2D eigenvalue weighted by Gasteiger charge is 2.19. The first-order valence-corrected chi connectivity index (χ1v) is 7.06. The molecular formula is C15H24N2O2. The lowest BCUT2D eigenvalue weighted by atomic mass is 9.94. The molecule has 0 radical (unpaired) electrons. The molecular weight excluding hydrogens is 240 g/mol. The number of hydrogen-bond acceptors (Lipinski definition) is 2. The fourth-order valence-electron chi connectivity index (χ4n) is 1.97. The van der Waals surface area contributed by atoms with Gasteiger partial charge in [-0.2, -0.15) is 0 Å². The van der Waals surface area contributed by atoms with Gasteiger partial charge in [0, 0.05) is 23.7 Å². The van der Waals surface area contributed by atoms with Gasteiger partial charge in [0.1, 0.15) is 5.69 Å². The first-order chi connectivity index (χ1) is 9.03. The zero-order valence-electron chi connectivity index (χ0n) is 12.2. The molecule has 0 bridgehead atoms. The molecule has 0 aromatic carbocycles. The summed E-state index contributed by atoms with van der Waals surface area (Å²) >= 11 is 0. The van der Waals surface area contributed by atoms with E-state index in [1.165, 1.54) is 0 Å². The molecule has 1 heterocycles. The van der Waals surface area contributed by atoms with E-state index in [0.717, 1.165) is 19.3 Å². The van der Waals surface area contributed by atoms with Gasteiger partial charge in [0.15, 0.2) is 5.78 Å². The van der Waals surface area contributed by atoms with Crippen molar-refractivity contribution in [3.05, 3.63) is 23.5 Å². The quantitative estimate of drug-likeness (QED) is 0.743. The van der Waals surface area contributed by atoms with Crippen molar-refractivity contribution in [2.75, 3.05) is 0 Å². The van der Waals surface area contributed by atoms with E-state index in [0.29, 0.717) is 11.3 Å². The Hall–Kier alpha value is -1.58. The molecule has 1 amide bonds. The monoisotopic (exact) mass is 264 g/mol. The van der Waals surface area contributed by atoms with E-state index < -0.39 is 0 Å². The SMILES string of the molecule is CCC(CC)C(=O)c1c[nH]c(C(=O)N[C@@H](C)CC)c1. The Balaban J connectivity index is 2.76. The number of carbonyl (C=O) groups is 2. The van der Waals surface area contributed by atoms with Gasteiger partial charge in [0.05, 0.1) is 0 Å². The van der Waals surface area contributed by atoms with E-state index in [4.69, 9.17) is 0 Å². The lowest BCUT2D eigenvalue weighted by Crippen LogP contribution is -2.32. The van der Waals surface area contributed by atoms with Crippen LogP contribution in [0.4, 0.5) is 0 Å². The van der Waals surface area contributed by atoms with Crippen molar-refractivity contribution in [1.29, 1.82) is 0 Å². The Bertz CT molecular complexity index is 433. The predicted octanol–water partition coefficient (Wildman–Crippen LogP) is 3.16. The van der Waals surface area contributed by atoms with Crippen LogP contribution in [0, 0.1) is 5.92 Å². The van der Waals surface area contributed by atoms with Gasteiger partial charge in [-0.3, -0.25) is 9.59 Å². The van der Waals surface area contributed by atoms with Gasteiger partial charge >= 0.3 is 0 Å². The summed E-state index contributed by atoms with van der Waals surface area (Å²) in [5.74, 6) is 0.00284. The average molecular weight is 264 g/mol. The maximum Gasteiger partial charge on any atom is 0.267 e. The van der Waals surface area contributed by atoms with Crippen LogP contribution in [-0.4, -0.2) is 22.7 Å². The maximum absolute atomic E-state index is 12.2. The molecule has 2 N–H and O–H groups in total. The van der Waals surface area contributed by atoms with E-state index in [1.54, 1.807) is 12.3 Å². The Morgan fingerprint density at radius 3 is 2.37 bits per heavy atom. The number of hydrogen-bond donors (Lipinski definition) is 2. The van der Waals surface area contributed by atoms with Crippen molar-refractivity contribution >= 4 is 11.7 Å². The number of nitrogens with one attached hydrogen (secondary N) is 2. The Kier molecular flexibility index (Phi) is 5.80. The zero-order chi connectivity index (χ0) is 14.4. The van der Waals surface area contributed by atoms with Gasteiger partial charge in [-0.05, 0) is 32.3 Å². The summed E-state index contributed by atoms with van der Waals surface area (Å²) in [5, 5.41) is 2.87. The van der Waals surface area contributed by atoms with E-state index in [9.17, 15) is 9.59 Å². The summed E-state index contributed by atoms with van der Waals surface area (Å²) in [5.41, 5.74) is 1.05. The highest BCUT2D eigenvalue weighted by molar-refractivity contribution is 6.01. The minimum atomic E-state index is -0.155. The molecule has 106 valence electrons. The highest BCUT2D eigenvalue weighted by Crippen LogP contribution is 2.16. The maximum atomic E-state index is 12.2. The molecule has 0 unspecified atom stereocenters. The Morgan fingerprint density at radius 1 is 1.21 bits per heavy atom. The minimum Gasteiger partial charge on any atom is -0.356 e. The number of amides is 1. The second kappa shape index (κ2) is 7.12. The summed E-state index contributed by atoms with van der Waals surface area (Å²) in [4.78, 5) is 27.0. The van der Waals surface area contributed by atoms with Gasteiger partial charge < -0.3 is 10.3 Å². The molecule has 0 saturated heterocycles. The van der Waals surface area contributed by atoms with Crippen LogP contribution in [-0.2, 0) is 0 Å². The largest absolute Gasteiger partial charge is 0.356 e. The number of aromatic nitrogens is 1. The van der Waals surface area contributed by atoms with Gasteiger partial charge in [0.25, 0.3) is 5.91 Å². The summed E-state index contributed by atoms with van der Waals surface area (Å²) in [7, 11) is 0. The molecule has 0 fully saturated rings. The van der Waals surface area contributed by atoms with Crippen LogP contribution in [0.2, 0.25) is 0 Å². The number of aromatic amines is 1. The molecule has 4 heteroatoms. The highest BCUT2D eigenvalue weighted by atomic mass is 16.2. The normalized spacial score (nSPS) is 12.5. The third kappa shape index (κ3) is 3.94. The molecule has 1 aromatic heterocycles. The number of Topliss-reactive ketones (excluding diaryl/α,β-unsaturated/α-hetero) is 1. The Morgan fingerprint density at radius 2 is 1.84 bits per heavy atom. The molecule has 19 heavy (non-hydrogen) atoms. The first kappa shape index (κ1) is 15.5. The molecule has 1 atom stereocenters. The average Bonchev–Trinajstić information content (AvgIpc) is 2.89. The molecule has 4 nitrogen and oxygen atoms in total. The van der Waals surface area contributed by atoms with Crippen molar-refractivity contribution in [1.82, 2.24) is 10.3 Å². The summed E-state index contributed by atoms with van der Waals surface area (Å²) in [6.07, 6.45) is 4.17. The van der Waals surface area contributed by atoms with Crippen molar-refractivity contribution < 1.29 is 9.59 Å². The van der Waals surface area contributed by atoms with Crippen LogP contribution in [0.25, 0.3) is 0 Å². The fourth-order valence-corrected chi connectivity index (χ4v) is 1.97. The summed E-state index contributed by atoms with van der Waals surface area (Å²) in [6.45, 7) is 7.99. The lowest BCUT2D eigenvalue weighted by molar-refractivity contribution is 0.0913. The molecule has 0 aliphatic heterocycles. The topological polar surface area (TPSA) is 62.0 Å². The van der Waals surface area contributed by atoms with Gasteiger partial charge in [-0.15, -0.1) is 0 Å². The molecule has 0 spiro atoms. The van der Waals surface area contributed by atoms with Crippen molar-refractivity contribution in [2.45, 2.75) is 53.0 Å². The number of H-pyrrole nitrogens is 1. The van der Waals surface area contributed by atoms with E-state index >= 15 is 0 Å². The number of ketones is 1. The second-order valence-corrected chi connectivity index (χ2v) is 4.96. The van der Waals surface area contributed by atoms with Gasteiger partial charge in [0.2, 0.25) is 0 Å². The van der Waals surface area contributed by atoms with Crippen LogP contribution < -0.4 is 5.32 Å². The zero-order valence-corrected chi connectivity index (χ0v) is 12.2. The van der Waals surface area contributed by atoms with Crippen LogP contribution in [0.5, 0.6) is 0 Å². The summed E-state index contributed by atoms with van der Waals surface area (Å²) in [6, 6.07) is 1.78. The first-order valence-electron chi connectivity index (χ1n) is 7.06. The van der Waals surface area contributed by atoms with E-state index in [2.05, 4.69) is 10.3 Å². The third-order valence-corrected chi connectivity index (χ3v) is 3.56. The lowest BCUT2D eigenvalue weighted by Gasteiger charge is -2.10. The van der Waals surface area contributed by atoms with Crippen LogP contribution >= 0.6 is 0 Å². The summed E-state index contributed by atoms with van der Waals surface area (Å²) < 4.78 is 0. The Labute approximate surface area is 115 Å². The molecule has 1 aromatic rings. The van der Waals surface area contributed by atoms with Crippen molar-refractivity contribution in [3.8, 4) is 0 Å². The third-order valence-electron chi connectivity index (χ3n) is 3.56. The molecule has 0 saturated carbocycles. The van der Waals surface area contributed by atoms with Crippen LogP contribution in [0.1, 0.15) is 67.8 Å². The smallest absolute Gasteiger partial charge is 0.267 e. The van der Waals surface area contributed by atoms with E-state index in [-0.39, 0.29) is 23.7 Å². The second-order valence-electron chi connectivity index (χ2n) is 4.96. The molecule has 0 aliphatic carbocycles. The molecule has 1 rings (SSSR count). The predicted molar refractivity (Wildman–Crippen MR) is 76.4 cm³/mol. The van der Waals surface area contributed by atoms with Crippen molar-refractivity contribution in [2.24, 2.45) is 5.92 Å². The van der Waals surface area contributed by atoms with Gasteiger partial charge in [-0.1, -0.05) is 20.8 Å². The standard InChI is InChI=1S/C15H24N2O2/c1-5-10(4)17-15(19)13-8-12(9-16-13)14(18)11(6-2)7-3/h8-11,16H,5-7H2,1-4H3,(H,17,19)/t10-/m0/s1. The van der Waals surface area contributed by atoms with Crippen LogP contribution in [0.15, 0.2) is 12.3 Å².